The van der Waals surface area contributed by atoms with Crippen molar-refractivity contribution in [1.29, 1.82) is 0 Å². The molecule has 9 heteroatoms. The topological polar surface area (TPSA) is 58.6 Å². The van der Waals surface area contributed by atoms with Crippen molar-refractivity contribution in [3.8, 4) is 0 Å². The molecule has 31 heavy (non-hydrogen) atoms. The molecule has 0 radical (unpaired) electrons. The fraction of sp³-hybridized carbons (Fsp3) is 0.364. The molecule has 0 spiro atoms. The number of ether oxygens (including phenoxy) is 1. The van der Waals surface area contributed by atoms with Gasteiger partial charge in [-0.15, -0.1) is 0 Å². The highest BCUT2D eigenvalue weighted by atomic mass is 79.9. The number of rotatable bonds is 5. The lowest BCUT2D eigenvalue weighted by atomic mass is 9.72. The predicted octanol–water partition coefficient (Wildman–Crippen LogP) is 4.61. The predicted molar refractivity (Wildman–Crippen MR) is 114 cm³/mol. The van der Waals surface area contributed by atoms with E-state index in [1.165, 1.54) is 24.1 Å². The summed E-state index contributed by atoms with van der Waals surface area (Å²) in [5.74, 6) is -0.814. The summed E-state index contributed by atoms with van der Waals surface area (Å²) in [7, 11) is 1.48. The monoisotopic (exact) mass is 498 g/mol. The first-order valence-corrected chi connectivity index (χ1v) is 10.5. The Morgan fingerprint density at radius 3 is 2.45 bits per heavy atom. The van der Waals surface area contributed by atoms with Crippen LogP contribution in [0.25, 0.3) is 0 Å². The van der Waals surface area contributed by atoms with E-state index in [9.17, 15) is 22.8 Å². The van der Waals surface area contributed by atoms with Crippen LogP contribution in [0.1, 0.15) is 24.0 Å². The molecule has 0 saturated carbocycles. The third-order valence-electron chi connectivity index (χ3n) is 5.37. The van der Waals surface area contributed by atoms with E-state index in [0.29, 0.717) is 10.2 Å². The Bertz CT molecular complexity index is 959. The fourth-order valence-electron chi connectivity index (χ4n) is 3.74. The molecular formula is C22H22BrF3N2O3. The number of alkyl halides is 3. The van der Waals surface area contributed by atoms with Gasteiger partial charge in [-0.3, -0.25) is 9.59 Å². The molecule has 1 heterocycles. The maximum Gasteiger partial charge on any atom is 0.416 e. The Hall–Kier alpha value is -2.39. The quantitative estimate of drug-likeness (QED) is 0.654. The molecule has 2 aromatic rings. The number of nitrogens with one attached hydrogen (secondary N) is 1. The number of hydrogen-bond donors (Lipinski definition) is 1. The molecule has 2 aromatic carbocycles. The number of para-hydroxylation sites is 1. The summed E-state index contributed by atoms with van der Waals surface area (Å²) in [5, 5.41) is 2.73. The summed E-state index contributed by atoms with van der Waals surface area (Å²) in [6.45, 7) is 0.264. The third kappa shape index (κ3) is 5.27. The van der Waals surface area contributed by atoms with Crippen molar-refractivity contribution in [3.05, 3.63) is 64.1 Å². The molecule has 0 unspecified atom stereocenters. The van der Waals surface area contributed by atoms with Gasteiger partial charge in [0.05, 0.1) is 23.2 Å². The van der Waals surface area contributed by atoms with Crippen LogP contribution in [0.5, 0.6) is 0 Å². The fourth-order valence-corrected chi connectivity index (χ4v) is 4.13. The van der Waals surface area contributed by atoms with Crippen LogP contribution in [0.4, 0.5) is 18.9 Å². The van der Waals surface area contributed by atoms with E-state index in [1.807, 2.05) is 0 Å². The number of carbonyl (C=O) groups is 2. The Morgan fingerprint density at radius 2 is 1.81 bits per heavy atom. The highest BCUT2D eigenvalue weighted by Crippen LogP contribution is 2.39. The summed E-state index contributed by atoms with van der Waals surface area (Å²) in [4.78, 5) is 27.2. The van der Waals surface area contributed by atoms with Crippen LogP contribution in [0.15, 0.2) is 53.0 Å². The standard InChI is InChI=1S/C22H22BrF3N2O3/c1-28(14-19(29)27-18-8-3-2-7-17(18)23)20(30)21(9-11-31-12-10-21)15-5-4-6-16(13-15)22(24,25)26/h2-8,13H,9-12,14H2,1H3,(H,27,29). The molecule has 0 aromatic heterocycles. The SMILES string of the molecule is CN(CC(=O)Nc1ccccc1Br)C(=O)C1(c2cccc(C(F)(F)F)c2)CCOCC1. The maximum atomic E-state index is 13.4. The number of anilines is 1. The van der Waals surface area contributed by atoms with E-state index in [1.54, 1.807) is 24.3 Å². The molecule has 2 amide bonds. The molecule has 166 valence electrons. The van der Waals surface area contributed by atoms with Crippen molar-refractivity contribution >= 4 is 33.4 Å². The first kappa shape index (κ1) is 23.3. The van der Waals surface area contributed by atoms with Gasteiger partial charge in [0.25, 0.3) is 0 Å². The second kappa shape index (κ2) is 9.40. The zero-order chi connectivity index (χ0) is 22.6. The van der Waals surface area contributed by atoms with Crippen molar-refractivity contribution in [2.75, 3.05) is 32.1 Å². The number of benzene rings is 2. The van der Waals surface area contributed by atoms with E-state index in [2.05, 4.69) is 21.2 Å². The van der Waals surface area contributed by atoms with Crippen molar-refractivity contribution in [2.24, 2.45) is 0 Å². The van der Waals surface area contributed by atoms with Gasteiger partial charge in [-0.1, -0.05) is 30.3 Å². The molecule has 1 aliphatic rings. The van der Waals surface area contributed by atoms with Crippen LogP contribution < -0.4 is 5.32 Å². The number of halogens is 4. The van der Waals surface area contributed by atoms with Crippen molar-refractivity contribution in [2.45, 2.75) is 24.4 Å². The zero-order valence-corrected chi connectivity index (χ0v) is 18.4. The Kier molecular flexibility index (Phi) is 7.06. The van der Waals surface area contributed by atoms with E-state index in [0.717, 1.165) is 12.1 Å². The molecular weight excluding hydrogens is 477 g/mol. The largest absolute Gasteiger partial charge is 0.416 e. The number of carbonyl (C=O) groups excluding carboxylic acids is 2. The maximum absolute atomic E-state index is 13.4. The molecule has 1 saturated heterocycles. The van der Waals surface area contributed by atoms with Crippen LogP contribution >= 0.6 is 15.9 Å². The van der Waals surface area contributed by atoms with Crippen molar-refractivity contribution in [3.63, 3.8) is 0 Å². The summed E-state index contributed by atoms with van der Waals surface area (Å²) in [5.41, 5.74) is -1.14. The van der Waals surface area contributed by atoms with E-state index in [4.69, 9.17) is 4.74 Å². The highest BCUT2D eigenvalue weighted by Gasteiger charge is 2.44. The number of nitrogens with zero attached hydrogens (tertiary/aromatic N) is 1. The normalized spacial score (nSPS) is 15.9. The van der Waals surface area contributed by atoms with E-state index in [-0.39, 0.29) is 38.2 Å². The molecule has 0 bridgehead atoms. The average molecular weight is 499 g/mol. The minimum absolute atomic E-state index is 0.234. The second-order valence-corrected chi connectivity index (χ2v) is 8.32. The van der Waals surface area contributed by atoms with E-state index >= 15 is 0 Å². The number of amides is 2. The molecule has 1 fully saturated rings. The van der Waals surface area contributed by atoms with Gasteiger partial charge < -0.3 is 15.0 Å². The minimum Gasteiger partial charge on any atom is -0.381 e. The van der Waals surface area contributed by atoms with Gasteiger partial charge in [0, 0.05) is 24.7 Å². The van der Waals surface area contributed by atoms with Gasteiger partial charge >= 0.3 is 6.18 Å². The van der Waals surface area contributed by atoms with Crippen LogP contribution in [0.3, 0.4) is 0 Å². The van der Waals surface area contributed by atoms with Crippen LogP contribution in [-0.4, -0.2) is 43.5 Å². The Balaban J connectivity index is 1.83. The third-order valence-corrected chi connectivity index (χ3v) is 6.07. The molecule has 0 atom stereocenters. The molecule has 5 nitrogen and oxygen atoms in total. The Labute approximate surface area is 186 Å². The highest BCUT2D eigenvalue weighted by molar-refractivity contribution is 9.10. The van der Waals surface area contributed by atoms with Gasteiger partial charge in [-0.2, -0.15) is 13.2 Å². The van der Waals surface area contributed by atoms with Gasteiger partial charge in [-0.25, -0.2) is 0 Å². The van der Waals surface area contributed by atoms with Gasteiger partial charge in [0.2, 0.25) is 11.8 Å². The molecule has 1 aliphatic heterocycles. The summed E-state index contributed by atoms with van der Waals surface area (Å²) in [6, 6.07) is 11.9. The van der Waals surface area contributed by atoms with Crippen LogP contribution in [0.2, 0.25) is 0 Å². The second-order valence-electron chi connectivity index (χ2n) is 7.46. The zero-order valence-electron chi connectivity index (χ0n) is 16.8. The lowest BCUT2D eigenvalue weighted by Crippen LogP contribution is -2.50. The summed E-state index contributed by atoms with van der Waals surface area (Å²) < 4.78 is 45.8. The average Bonchev–Trinajstić information content (AvgIpc) is 2.74. The summed E-state index contributed by atoms with van der Waals surface area (Å²) >= 11 is 3.34. The lowest BCUT2D eigenvalue weighted by Gasteiger charge is -2.39. The number of likely N-dealkylation sites (N-methyl/N-ethyl adjacent to an activating group) is 1. The van der Waals surface area contributed by atoms with Crippen LogP contribution in [0, 0.1) is 0 Å². The Morgan fingerprint density at radius 1 is 1.13 bits per heavy atom. The van der Waals surface area contributed by atoms with Gasteiger partial charge in [0.1, 0.15) is 0 Å². The lowest BCUT2D eigenvalue weighted by molar-refractivity contribution is -0.142. The molecule has 1 N–H and O–H groups in total. The number of hydrogen-bond acceptors (Lipinski definition) is 3. The first-order chi connectivity index (χ1) is 14.6. The van der Waals surface area contributed by atoms with E-state index < -0.39 is 29.0 Å². The molecule has 3 rings (SSSR count). The molecule has 0 aliphatic carbocycles. The van der Waals surface area contributed by atoms with Gasteiger partial charge in [-0.05, 0) is 52.5 Å². The summed E-state index contributed by atoms with van der Waals surface area (Å²) in [6.07, 6.45) is -4.03. The van der Waals surface area contributed by atoms with Gasteiger partial charge in [0.15, 0.2) is 0 Å². The smallest absolute Gasteiger partial charge is 0.381 e. The first-order valence-electron chi connectivity index (χ1n) is 9.69. The van der Waals surface area contributed by atoms with Crippen LogP contribution in [-0.2, 0) is 25.9 Å². The minimum atomic E-state index is -4.51. The van der Waals surface area contributed by atoms with Crippen molar-refractivity contribution in [1.82, 2.24) is 4.90 Å². The van der Waals surface area contributed by atoms with Crippen molar-refractivity contribution < 1.29 is 27.5 Å².